The van der Waals surface area contributed by atoms with E-state index in [0.717, 1.165) is 19.6 Å². The average Bonchev–Trinajstić information content (AvgIpc) is 2.93. The molecule has 0 aromatic heterocycles. The van der Waals surface area contributed by atoms with Crippen LogP contribution < -0.4 is 5.32 Å². The first-order chi connectivity index (χ1) is 9.72. The van der Waals surface area contributed by atoms with E-state index in [1.807, 2.05) is 0 Å². The van der Waals surface area contributed by atoms with Gasteiger partial charge in [0.25, 0.3) is 0 Å². The SMILES string of the molecule is CCC1CN(Cc2ccc(O)cc2)C2(CCCC2)CN1. The van der Waals surface area contributed by atoms with Crippen molar-refractivity contribution in [3.05, 3.63) is 29.8 Å². The van der Waals surface area contributed by atoms with Crippen LogP contribution in [0.2, 0.25) is 0 Å². The number of aromatic hydroxyl groups is 1. The quantitative estimate of drug-likeness (QED) is 0.889. The fourth-order valence-electron chi connectivity index (χ4n) is 3.82. The largest absolute Gasteiger partial charge is 0.508 e. The average molecular weight is 274 g/mol. The second-order valence-electron chi connectivity index (χ2n) is 6.46. The van der Waals surface area contributed by atoms with E-state index in [-0.39, 0.29) is 0 Å². The summed E-state index contributed by atoms with van der Waals surface area (Å²) in [6, 6.07) is 8.34. The molecule has 110 valence electrons. The fourth-order valence-corrected chi connectivity index (χ4v) is 3.82. The number of phenolic OH excluding ortho intramolecular Hbond substituents is 1. The third-order valence-corrected chi connectivity index (χ3v) is 5.17. The lowest BCUT2D eigenvalue weighted by Gasteiger charge is -2.48. The predicted molar refractivity (Wildman–Crippen MR) is 81.8 cm³/mol. The van der Waals surface area contributed by atoms with Crippen molar-refractivity contribution in [2.45, 2.75) is 57.2 Å². The number of nitrogens with one attached hydrogen (secondary N) is 1. The molecule has 0 amide bonds. The van der Waals surface area contributed by atoms with Gasteiger partial charge in [0.05, 0.1) is 0 Å². The summed E-state index contributed by atoms with van der Waals surface area (Å²) >= 11 is 0. The van der Waals surface area contributed by atoms with Crippen LogP contribution in [0.25, 0.3) is 0 Å². The lowest BCUT2D eigenvalue weighted by molar-refractivity contribution is 0.0349. The third-order valence-electron chi connectivity index (χ3n) is 5.17. The maximum Gasteiger partial charge on any atom is 0.115 e. The van der Waals surface area contributed by atoms with Crippen molar-refractivity contribution in [1.29, 1.82) is 0 Å². The molecule has 0 radical (unpaired) electrons. The Morgan fingerprint density at radius 3 is 2.60 bits per heavy atom. The maximum absolute atomic E-state index is 9.42. The van der Waals surface area contributed by atoms with E-state index in [2.05, 4.69) is 29.3 Å². The Labute approximate surface area is 122 Å². The Morgan fingerprint density at radius 1 is 1.25 bits per heavy atom. The van der Waals surface area contributed by atoms with Gasteiger partial charge in [0.15, 0.2) is 0 Å². The van der Waals surface area contributed by atoms with Crippen LogP contribution in [-0.4, -0.2) is 34.7 Å². The van der Waals surface area contributed by atoms with Crippen molar-refractivity contribution in [2.24, 2.45) is 0 Å². The van der Waals surface area contributed by atoms with Gasteiger partial charge in [-0.2, -0.15) is 0 Å². The molecule has 2 N–H and O–H groups in total. The fraction of sp³-hybridized carbons (Fsp3) is 0.647. The zero-order chi connectivity index (χ0) is 14.0. The van der Waals surface area contributed by atoms with Crippen molar-refractivity contribution < 1.29 is 5.11 Å². The van der Waals surface area contributed by atoms with E-state index in [1.54, 1.807) is 12.1 Å². The van der Waals surface area contributed by atoms with Crippen LogP contribution >= 0.6 is 0 Å². The predicted octanol–water partition coefficient (Wildman–Crippen LogP) is 2.89. The minimum atomic E-state index is 0.357. The standard InChI is InChI=1S/C17H26N2O/c1-2-15-12-19(11-14-5-7-16(20)8-6-14)17(13-18-15)9-3-4-10-17/h5-8,15,18,20H,2-4,9-13H2,1H3. The smallest absolute Gasteiger partial charge is 0.115 e. The molecule has 1 aromatic rings. The molecule has 1 atom stereocenters. The van der Waals surface area contributed by atoms with Gasteiger partial charge in [-0.05, 0) is 37.0 Å². The minimum Gasteiger partial charge on any atom is -0.508 e. The molecule has 1 aliphatic carbocycles. The Kier molecular flexibility index (Phi) is 3.99. The molecular formula is C17H26N2O. The van der Waals surface area contributed by atoms with Gasteiger partial charge >= 0.3 is 0 Å². The summed E-state index contributed by atoms with van der Waals surface area (Å²) in [7, 11) is 0. The molecular weight excluding hydrogens is 248 g/mol. The summed E-state index contributed by atoms with van der Waals surface area (Å²) in [5, 5.41) is 13.2. The van der Waals surface area contributed by atoms with Crippen LogP contribution in [0.3, 0.4) is 0 Å². The summed E-state index contributed by atoms with van der Waals surface area (Å²) in [5.41, 5.74) is 1.69. The van der Waals surface area contributed by atoms with Gasteiger partial charge < -0.3 is 10.4 Å². The second kappa shape index (κ2) is 5.74. The first-order valence-electron chi connectivity index (χ1n) is 7.98. The Morgan fingerprint density at radius 2 is 1.95 bits per heavy atom. The molecule has 1 aliphatic heterocycles. The van der Waals surface area contributed by atoms with E-state index < -0.39 is 0 Å². The number of benzene rings is 1. The summed E-state index contributed by atoms with van der Waals surface area (Å²) in [5.74, 6) is 0.357. The molecule has 3 heteroatoms. The molecule has 1 unspecified atom stereocenters. The monoisotopic (exact) mass is 274 g/mol. The molecule has 3 rings (SSSR count). The Bertz CT molecular complexity index is 437. The normalized spacial score (nSPS) is 26.1. The van der Waals surface area contributed by atoms with E-state index in [1.165, 1.54) is 37.7 Å². The number of piperazine rings is 1. The summed E-state index contributed by atoms with van der Waals surface area (Å²) in [4.78, 5) is 2.71. The van der Waals surface area contributed by atoms with Gasteiger partial charge in [-0.15, -0.1) is 0 Å². The molecule has 2 fully saturated rings. The molecule has 1 aromatic carbocycles. The number of hydrogen-bond donors (Lipinski definition) is 2. The molecule has 1 saturated carbocycles. The Balaban J connectivity index is 1.77. The summed E-state index contributed by atoms with van der Waals surface area (Å²) in [6.45, 7) is 5.57. The van der Waals surface area contributed by atoms with Crippen LogP contribution in [0, 0.1) is 0 Å². The van der Waals surface area contributed by atoms with Crippen molar-refractivity contribution >= 4 is 0 Å². The van der Waals surface area contributed by atoms with Crippen molar-refractivity contribution in [3.63, 3.8) is 0 Å². The van der Waals surface area contributed by atoms with Gasteiger partial charge in [-0.3, -0.25) is 4.90 Å². The highest BCUT2D eigenvalue weighted by Crippen LogP contribution is 2.38. The van der Waals surface area contributed by atoms with Gasteiger partial charge in [-0.25, -0.2) is 0 Å². The summed E-state index contributed by atoms with van der Waals surface area (Å²) < 4.78 is 0. The van der Waals surface area contributed by atoms with E-state index >= 15 is 0 Å². The van der Waals surface area contributed by atoms with Gasteiger partial charge in [-0.1, -0.05) is 31.9 Å². The molecule has 0 bridgehead atoms. The molecule has 2 aliphatic rings. The summed E-state index contributed by atoms with van der Waals surface area (Å²) in [6.07, 6.45) is 6.58. The van der Waals surface area contributed by atoms with Crippen LogP contribution in [0.4, 0.5) is 0 Å². The molecule has 1 saturated heterocycles. The molecule has 3 nitrogen and oxygen atoms in total. The van der Waals surface area contributed by atoms with Crippen LogP contribution in [-0.2, 0) is 6.54 Å². The van der Waals surface area contributed by atoms with Gasteiger partial charge in [0.1, 0.15) is 5.75 Å². The minimum absolute atomic E-state index is 0.357. The molecule has 1 spiro atoms. The zero-order valence-corrected chi connectivity index (χ0v) is 12.4. The van der Waals surface area contributed by atoms with E-state index in [9.17, 15) is 5.11 Å². The number of nitrogens with zero attached hydrogens (tertiary/aromatic N) is 1. The Hall–Kier alpha value is -1.06. The zero-order valence-electron chi connectivity index (χ0n) is 12.4. The highest BCUT2D eigenvalue weighted by atomic mass is 16.3. The topological polar surface area (TPSA) is 35.5 Å². The number of rotatable bonds is 3. The number of hydrogen-bond acceptors (Lipinski definition) is 3. The van der Waals surface area contributed by atoms with Crippen molar-refractivity contribution in [2.75, 3.05) is 13.1 Å². The van der Waals surface area contributed by atoms with Gasteiger partial charge in [0.2, 0.25) is 0 Å². The van der Waals surface area contributed by atoms with Crippen LogP contribution in [0.1, 0.15) is 44.6 Å². The highest BCUT2D eigenvalue weighted by molar-refractivity contribution is 5.26. The van der Waals surface area contributed by atoms with Crippen LogP contribution in [0.5, 0.6) is 5.75 Å². The van der Waals surface area contributed by atoms with E-state index in [0.29, 0.717) is 17.3 Å². The number of phenols is 1. The van der Waals surface area contributed by atoms with Gasteiger partial charge in [0, 0.05) is 31.2 Å². The maximum atomic E-state index is 9.42. The lowest BCUT2D eigenvalue weighted by atomic mass is 9.90. The van der Waals surface area contributed by atoms with E-state index in [4.69, 9.17) is 0 Å². The first kappa shape index (κ1) is 13.9. The highest BCUT2D eigenvalue weighted by Gasteiger charge is 2.42. The van der Waals surface area contributed by atoms with Crippen LogP contribution in [0.15, 0.2) is 24.3 Å². The molecule has 1 heterocycles. The third kappa shape index (κ3) is 2.70. The molecule has 20 heavy (non-hydrogen) atoms. The first-order valence-corrected chi connectivity index (χ1v) is 7.98. The van der Waals surface area contributed by atoms with Crippen molar-refractivity contribution in [3.8, 4) is 5.75 Å². The van der Waals surface area contributed by atoms with Crippen molar-refractivity contribution in [1.82, 2.24) is 10.2 Å². The second-order valence-corrected chi connectivity index (χ2v) is 6.46. The lowest BCUT2D eigenvalue weighted by Crippen LogP contribution is -2.62.